The van der Waals surface area contributed by atoms with E-state index in [0.29, 0.717) is 16.6 Å². The normalized spacial score (nSPS) is 10.3. The van der Waals surface area contributed by atoms with Gasteiger partial charge in [0.05, 0.1) is 6.61 Å². The van der Waals surface area contributed by atoms with E-state index >= 15 is 0 Å². The molecule has 20 heavy (non-hydrogen) atoms. The fourth-order valence-electron chi connectivity index (χ4n) is 1.75. The molecule has 0 amide bonds. The monoisotopic (exact) mass is 309 g/mol. The van der Waals surface area contributed by atoms with Gasteiger partial charge in [0.1, 0.15) is 5.75 Å². The van der Waals surface area contributed by atoms with Crippen molar-refractivity contribution in [3.8, 4) is 5.75 Å². The van der Waals surface area contributed by atoms with Crippen molar-refractivity contribution in [3.63, 3.8) is 0 Å². The average molecular weight is 310 g/mol. The van der Waals surface area contributed by atoms with Crippen molar-refractivity contribution in [2.24, 2.45) is 0 Å². The van der Waals surface area contributed by atoms with E-state index < -0.39 is 0 Å². The molecule has 0 saturated heterocycles. The third-order valence-corrected chi connectivity index (χ3v) is 3.41. The number of ether oxygens (including phenoxy) is 1. The summed E-state index contributed by atoms with van der Waals surface area (Å²) in [6, 6.07) is 13.4. The lowest BCUT2D eigenvalue weighted by Crippen LogP contribution is -2.00. The van der Waals surface area contributed by atoms with Gasteiger partial charge < -0.3 is 10.1 Å². The minimum Gasteiger partial charge on any atom is -0.494 e. The highest BCUT2D eigenvalue weighted by molar-refractivity contribution is 6.35. The highest BCUT2D eigenvalue weighted by Gasteiger charge is 2.01. The molecule has 0 aliphatic rings. The van der Waals surface area contributed by atoms with Crippen LogP contribution in [0.3, 0.4) is 0 Å². The SMILES string of the molecule is CCCOc1ccc(NCc2ccc(Cl)cc2Cl)cc1. The molecular formula is C16H17Cl2NO. The molecule has 0 radical (unpaired) electrons. The van der Waals surface area contributed by atoms with Crippen LogP contribution in [0.2, 0.25) is 10.0 Å². The zero-order valence-electron chi connectivity index (χ0n) is 11.3. The Morgan fingerprint density at radius 1 is 1.05 bits per heavy atom. The average Bonchev–Trinajstić information content (AvgIpc) is 2.45. The van der Waals surface area contributed by atoms with E-state index in [1.807, 2.05) is 36.4 Å². The number of hydrogen-bond acceptors (Lipinski definition) is 2. The van der Waals surface area contributed by atoms with E-state index in [1.54, 1.807) is 6.07 Å². The Bertz CT molecular complexity index is 555. The van der Waals surface area contributed by atoms with Gasteiger partial charge >= 0.3 is 0 Å². The number of hydrogen-bond donors (Lipinski definition) is 1. The Labute approximate surface area is 129 Å². The zero-order valence-corrected chi connectivity index (χ0v) is 12.8. The molecule has 0 spiro atoms. The van der Waals surface area contributed by atoms with Gasteiger partial charge in [-0.25, -0.2) is 0 Å². The van der Waals surface area contributed by atoms with Gasteiger partial charge in [0.15, 0.2) is 0 Å². The molecule has 0 bridgehead atoms. The van der Waals surface area contributed by atoms with Crippen LogP contribution >= 0.6 is 23.2 Å². The van der Waals surface area contributed by atoms with Crippen molar-refractivity contribution < 1.29 is 4.74 Å². The van der Waals surface area contributed by atoms with Crippen LogP contribution in [-0.4, -0.2) is 6.61 Å². The van der Waals surface area contributed by atoms with Crippen molar-refractivity contribution in [1.82, 2.24) is 0 Å². The van der Waals surface area contributed by atoms with E-state index in [1.165, 1.54) is 0 Å². The molecule has 0 atom stereocenters. The predicted octanol–water partition coefficient (Wildman–Crippen LogP) is 5.39. The Morgan fingerprint density at radius 2 is 1.80 bits per heavy atom. The van der Waals surface area contributed by atoms with E-state index in [-0.39, 0.29) is 0 Å². The number of anilines is 1. The number of benzene rings is 2. The zero-order chi connectivity index (χ0) is 14.4. The second kappa shape index (κ2) is 7.41. The Balaban J connectivity index is 1.93. The van der Waals surface area contributed by atoms with E-state index in [2.05, 4.69) is 12.2 Å². The summed E-state index contributed by atoms with van der Waals surface area (Å²) in [6.45, 7) is 3.49. The summed E-state index contributed by atoms with van der Waals surface area (Å²) in [5.74, 6) is 0.891. The summed E-state index contributed by atoms with van der Waals surface area (Å²) in [6.07, 6.45) is 1.01. The van der Waals surface area contributed by atoms with Crippen LogP contribution in [0.15, 0.2) is 42.5 Å². The van der Waals surface area contributed by atoms with Crippen molar-refractivity contribution in [2.75, 3.05) is 11.9 Å². The molecule has 2 nitrogen and oxygen atoms in total. The number of nitrogens with one attached hydrogen (secondary N) is 1. The molecule has 2 aromatic carbocycles. The third-order valence-electron chi connectivity index (χ3n) is 2.83. The fraction of sp³-hybridized carbons (Fsp3) is 0.250. The summed E-state index contributed by atoms with van der Waals surface area (Å²) in [5, 5.41) is 4.64. The first-order valence-corrected chi connectivity index (χ1v) is 7.35. The molecule has 0 unspecified atom stereocenters. The maximum absolute atomic E-state index is 6.13. The van der Waals surface area contributed by atoms with Crippen molar-refractivity contribution >= 4 is 28.9 Å². The quantitative estimate of drug-likeness (QED) is 0.772. The molecule has 0 aliphatic carbocycles. The molecule has 4 heteroatoms. The van der Waals surface area contributed by atoms with Crippen LogP contribution in [0.5, 0.6) is 5.75 Å². The van der Waals surface area contributed by atoms with Gasteiger partial charge in [0.25, 0.3) is 0 Å². The van der Waals surface area contributed by atoms with Crippen molar-refractivity contribution in [3.05, 3.63) is 58.1 Å². The molecule has 0 aromatic heterocycles. The molecule has 2 aromatic rings. The molecule has 0 heterocycles. The summed E-state index contributed by atoms with van der Waals surface area (Å²) >= 11 is 12.0. The Hall–Kier alpha value is -1.38. The lowest BCUT2D eigenvalue weighted by atomic mass is 10.2. The van der Waals surface area contributed by atoms with Gasteiger partial charge in [-0.1, -0.05) is 36.2 Å². The third kappa shape index (κ3) is 4.32. The van der Waals surface area contributed by atoms with Crippen molar-refractivity contribution in [2.45, 2.75) is 19.9 Å². The second-order valence-electron chi connectivity index (χ2n) is 4.46. The smallest absolute Gasteiger partial charge is 0.119 e. The topological polar surface area (TPSA) is 21.3 Å². The Kier molecular flexibility index (Phi) is 5.57. The molecule has 0 saturated carbocycles. The van der Waals surface area contributed by atoms with Crippen LogP contribution < -0.4 is 10.1 Å². The largest absolute Gasteiger partial charge is 0.494 e. The first kappa shape index (κ1) is 15.0. The van der Waals surface area contributed by atoms with Gasteiger partial charge in [-0.15, -0.1) is 0 Å². The lowest BCUT2D eigenvalue weighted by molar-refractivity contribution is 0.317. The van der Waals surface area contributed by atoms with E-state index in [0.717, 1.165) is 30.0 Å². The van der Waals surface area contributed by atoms with Crippen LogP contribution in [0.25, 0.3) is 0 Å². The van der Waals surface area contributed by atoms with Crippen molar-refractivity contribution in [1.29, 1.82) is 0 Å². The predicted molar refractivity (Wildman–Crippen MR) is 86.0 cm³/mol. The molecule has 2 rings (SSSR count). The maximum atomic E-state index is 6.13. The van der Waals surface area contributed by atoms with Crippen LogP contribution in [0.4, 0.5) is 5.69 Å². The summed E-state index contributed by atoms with van der Waals surface area (Å²) < 4.78 is 5.54. The molecule has 1 N–H and O–H groups in total. The number of halogens is 2. The minimum absolute atomic E-state index is 0.649. The number of rotatable bonds is 6. The van der Waals surface area contributed by atoms with Gasteiger partial charge in [0, 0.05) is 22.3 Å². The maximum Gasteiger partial charge on any atom is 0.119 e. The van der Waals surface area contributed by atoms with E-state index in [9.17, 15) is 0 Å². The molecular weight excluding hydrogens is 293 g/mol. The Morgan fingerprint density at radius 3 is 2.45 bits per heavy atom. The fourth-order valence-corrected chi connectivity index (χ4v) is 2.23. The molecule has 0 fully saturated rings. The standard InChI is InChI=1S/C16H17Cl2NO/c1-2-9-20-15-7-5-14(6-8-15)19-11-12-3-4-13(17)10-16(12)18/h3-8,10,19H,2,9,11H2,1H3. The summed E-state index contributed by atoms with van der Waals surface area (Å²) in [7, 11) is 0. The van der Waals surface area contributed by atoms with Gasteiger partial charge in [0.2, 0.25) is 0 Å². The van der Waals surface area contributed by atoms with Crippen LogP contribution in [0.1, 0.15) is 18.9 Å². The first-order valence-electron chi connectivity index (χ1n) is 6.59. The highest BCUT2D eigenvalue weighted by atomic mass is 35.5. The first-order chi connectivity index (χ1) is 9.69. The second-order valence-corrected chi connectivity index (χ2v) is 5.31. The highest BCUT2D eigenvalue weighted by Crippen LogP contribution is 2.22. The molecule has 0 aliphatic heterocycles. The molecule has 106 valence electrons. The van der Waals surface area contributed by atoms with Gasteiger partial charge in [-0.05, 0) is 48.4 Å². The van der Waals surface area contributed by atoms with Gasteiger partial charge in [-0.3, -0.25) is 0 Å². The summed E-state index contributed by atoms with van der Waals surface area (Å²) in [4.78, 5) is 0. The van der Waals surface area contributed by atoms with Crippen LogP contribution in [0, 0.1) is 0 Å². The van der Waals surface area contributed by atoms with E-state index in [4.69, 9.17) is 27.9 Å². The summed E-state index contributed by atoms with van der Waals surface area (Å²) in [5.41, 5.74) is 2.04. The van der Waals surface area contributed by atoms with Gasteiger partial charge in [-0.2, -0.15) is 0 Å². The lowest BCUT2D eigenvalue weighted by Gasteiger charge is -2.10. The minimum atomic E-state index is 0.649. The van der Waals surface area contributed by atoms with Crippen LogP contribution in [-0.2, 0) is 6.54 Å².